The molecule has 0 aliphatic heterocycles. The number of carbonyl (C=O) groups excluding carboxylic acids is 1. The molecule has 1 atom stereocenters. The van der Waals surface area contributed by atoms with Crippen molar-refractivity contribution in [3.8, 4) is 5.69 Å². The topological polar surface area (TPSA) is 72.9 Å². The molecule has 1 aromatic carbocycles. The molecule has 0 aliphatic carbocycles. The Hall–Kier alpha value is -1.85. The van der Waals surface area contributed by atoms with Crippen molar-refractivity contribution in [3.63, 3.8) is 0 Å². The Labute approximate surface area is 135 Å². The Kier molecular flexibility index (Phi) is 5.21. The lowest BCUT2D eigenvalue weighted by atomic mass is 10.0. The lowest BCUT2D eigenvalue weighted by molar-refractivity contribution is 0.0940. The van der Waals surface area contributed by atoms with E-state index in [9.17, 15) is 4.79 Å². The summed E-state index contributed by atoms with van der Waals surface area (Å²) in [5.41, 5.74) is 7.81. The molecule has 0 aliphatic rings. The molecule has 1 amide bonds. The van der Waals surface area contributed by atoms with E-state index in [1.165, 1.54) is 0 Å². The predicted molar refractivity (Wildman–Crippen MR) is 88.6 cm³/mol. The van der Waals surface area contributed by atoms with Gasteiger partial charge in [0.05, 0.1) is 23.1 Å². The number of halogens is 1. The highest BCUT2D eigenvalue weighted by atomic mass is 35.5. The minimum absolute atomic E-state index is 0.0815. The van der Waals surface area contributed by atoms with Crippen LogP contribution in [0, 0.1) is 0 Å². The number of nitrogens with one attached hydrogen (secondary N) is 1. The molecular weight excluding hydrogens is 300 g/mol. The van der Waals surface area contributed by atoms with Crippen LogP contribution in [0.2, 0.25) is 5.02 Å². The first-order chi connectivity index (χ1) is 10.4. The van der Waals surface area contributed by atoms with Crippen LogP contribution in [0.5, 0.6) is 0 Å². The van der Waals surface area contributed by atoms with Crippen LogP contribution in [0.3, 0.4) is 0 Å². The Balaban J connectivity index is 2.44. The summed E-state index contributed by atoms with van der Waals surface area (Å²) in [5.74, 6) is -0.0228. The normalized spacial score (nSPS) is 12.5. The van der Waals surface area contributed by atoms with Gasteiger partial charge in [0.1, 0.15) is 0 Å². The molecular formula is C16H21ClN4O. The molecule has 6 heteroatoms. The molecule has 0 bridgehead atoms. The first-order valence-electron chi connectivity index (χ1n) is 7.28. The highest BCUT2D eigenvalue weighted by molar-refractivity contribution is 6.30. The second-order valence-corrected chi connectivity index (χ2v) is 6.04. The summed E-state index contributed by atoms with van der Waals surface area (Å²) in [4.78, 5) is 12.4. The Morgan fingerprint density at radius 3 is 2.73 bits per heavy atom. The first-order valence-corrected chi connectivity index (χ1v) is 7.66. The van der Waals surface area contributed by atoms with Crippen LogP contribution in [-0.2, 0) is 0 Å². The maximum absolute atomic E-state index is 12.4. The second-order valence-electron chi connectivity index (χ2n) is 5.60. The van der Waals surface area contributed by atoms with Gasteiger partial charge in [0, 0.05) is 17.6 Å². The molecule has 3 N–H and O–H groups in total. The van der Waals surface area contributed by atoms with Gasteiger partial charge >= 0.3 is 0 Å². The van der Waals surface area contributed by atoms with Crippen molar-refractivity contribution in [3.05, 3.63) is 46.7 Å². The molecule has 118 valence electrons. The van der Waals surface area contributed by atoms with Gasteiger partial charge in [0.2, 0.25) is 0 Å². The quantitative estimate of drug-likeness (QED) is 0.889. The van der Waals surface area contributed by atoms with Crippen LogP contribution in [0.1, 0.15) is 42.7 Å². The van der Waals surface area contributed by atoms with Crippen molar-refractivity contribution in [2.24, 2.45) is 5.73 Å². The maximum atomic E-state index is 12.4. The molecule has 1 aromatic heterocycles. The van der Waals surface area contributed by atoms with E-state index in [1.54, 1.807) is 16.9 Å². The van der Waals surface area contributed by atoms with Crippen molar-refractivity contribution >= 4 is 17.5 Å². The van der Waals surface area contributed by atoms with Crippen LogP contribution < -0.4 is 11.1 Å². The smallest absolute Gasteiger partial charge is 0.255 e. The number of amides is 1. The third-order valence-corrected chi connectivity index (χ3v) is 3.62. The summed E-state index contributed by atoms with van der Waals surface area (Å²) in [5, 5.41) is 7.87. The van der Waals surface area contributed by atoms with Gasteiger partial charge in [-0.2, -0.15) is 5.10 Å². The molecule has 0 radical (unpaired) electrons. The fraction of sp³-hybridized carbons (Fsp3) is 0.375. The molecule has 2 aromatic rings. The summed E-state index contributed by atoms with van der Waals surface area (Å²) in [6.45, 7) is 6.32. The minimum Gasteiger partial charge on any atom is -0.348 e. The molecule has 0 spiro atoms. The van der Waals surface area contributed by atoms with Gasteiger partial charge in [-0.1, -0.05) is 31.5 Å². The zero-order chi connectivity index (χ0) is 16.3. The van der Waals surface area contributed by atoms with E-state index in [4.69, 9.17) is 17.3 Å². The number of nitrogens with two attached hydrogens (primary N) is 1. The molecule has 22 heavy (non-hydrogen) atoms. The van der Waals surface area contributed by atoms with Crippen LogP contribution in [0.15, 0.2) is 30.5 Å². The predicted octanol–water partition coefficient (Wildman–Crippen LogP) is 2.73. The second kappa shape index (κ2) is 6.94. The van der Waals surface area contributed by atoms with E-state index < -0.39 is 0 Å². The molecule has 1 heterocycles. The lowest BCUT2D eigenvalue weighted by Crippen LogP contribution is -2.38. The van der Waals surface area contributed by atoms with Crippen molar-refractivity contribution in [2.75, 3.05) is 6.54 Å². The van der Waals surface area contributed by atoms with Crippen LogP contribution in [0.25, 0.3) is 5.69 Å². The van der Waals surface area contributed by atoms with E-state index in [2.05, 4.69) is 10.4 Å². The van der Waals surface area contributed by atoms with Gasteiger partial charge in [-0.15, -0.1) is 0 Å². The van der Waals surface area contributed by atoms with E-state index in [-0.39, 0.29) is 17.9 Å². The fourth-order valence-electron chi connectivity index (χ4n) is 2.26. The zero-order valence-electron chi connectivity index (χ0n) is 13.0. The van der Waals surface area contributed by atoms with Gasteiger partial charge in [0.25, 0.3) is 5.91 Å². The lowest BCUT2D eigenvalue weighted by Gasteiger charge is -2.15. The number of aromatic nitrogens is 2. The van der Waals surface area contributed by atoms with Gasteiger partial charge in [-0.3, -0.25) is 4.79 Å². The number of rotatable bonds is 5. The van der Waals surface area contributed by atoms with E-state index in [0.717, 1.165) is 11.4 Å². The van der Waals surface area contributed by atoms with Gasteiger partial charge in [-0.05, 0) is 31.0 Å². The third-order valence-electron chi connectivity index (χ3n) is 3.38. The van der Waals surface area contributed by atoms with Crippen molar-refractivity contribution < 1.29 is 4.79 Å². The standard InChI is InChI=1S/C16H21ClN4O/c1-10(2)15-14(16(22)20-11(3)8-18)9-19-21(15)13-6-4-5-12(17)7-13/h4-7,9-11H,8,18H2,1-3H3,(H,20,22)/t11-/m0/s1. The minimum atomic E-state index is -0.157. The number of hydrogen-bond donors (Lipinski definition) is 2. The third kappa shape index (κ3) is 3.48. The number of hydrogen-bond acceptors (Lipinski definition) is 3. The Bertz CT molecular complexity index is 666. The summed E-state index contributed by atoms with van der Waals surface area (Å²) < 4.78 is 1.76. The monoisotopic (exact) mass is 320 g/mol. The highest BCUT2D eigenvalue weighted by Crippen LogP contribution is 2.24. The average Bonchev–Trinajstić information content (AvgIpc) is 2.92. The maximum Gasteiger partial charge on any atom is 0.255 e. The number of nitrogens with zero attached hydrogens (tertiary/aromatic N) is 2. The first kappa shape index (κ1) is 16.5. The van der Waals surface area contributed by atoms with E-state index in [0.29, 0.717) is 17.1 Å². The van der Waals surface area contributed by atoms with Crippen molar-refractivity contribution in [2.45, 2.75) is 32.7 Å². The molecule has 0 unspecified atom stereocenters. The van der Waals surface area contributed by atoms with Crippen LogP contribution in [-0.4, -0.2) is 28.3 Å². The Morgan fingerprint density at radius 2 is 2.14 bits per heavy atom. The number of carbonyl (C=O) groups is 1. The van der Waals surface area contributed by atoms with Crippen molar-refractivity contribution in [1.29, 1.82) is 0 Å². The molecule has 0 saturated carbocycles. The molecule has 0 saturated heterocycles. The number of benzene rings is 1. The molecule has 5 nitrogen and oxygen atoms in total. The summed E-state index contributed by atoms with van der Waals surface area (Å²) >= 11 is 6.05. The molecule has 0 fully saturated rings. The highest BCUT2D eigenvalue weighted by Gasteiger charge is 2.21. The SMILES string of the molecule is CC(C)c1c(C(=O)N[C@@H](C)CN)cnn1-c1cccc(Cl)c1. The van der Waals surface area contributed by atoms with E-state index in [1.807, 2.05) is 39.0 Å². The van der Waals surface area contributed by atoms with Crippen LogP contribution in [0.4, 0.5) is 0 Å². The van der Waals surface area contributed by atoms with Crippen LogP contribution >= 0.6 is 11.6 Å². The molecule has 2 rings (SSSR count). The zero-order valence-corrected chi connectivity index (χ0v) is 13.8. The van der Waals surface area contributed by atoms with E-state index >= 15 is 0 Å². The summed E-state index contributed by atoms with van der Waals surface area (Å²) in [6, 6.07) is 7.32. The fourth-order valence-corrected chi connectivity index (χ4v) is 2.45. The summed E-state index contributed by atoms with van der Waals surface area (Å²) in [6.07, 6.45) is 1.59. The van der Waals surface area contributed by atoms with Gasteiger partial charge in [-0.25, -0.2) is 4.68 Å². The Morgan fingerprint density at radius 1 is 1.41 bits per heavy atom. The van der Waals surface area contributed by atoms with Crippen molar-refractivity contribution in [1.82, 2.24) is 15.1 Å². The van der Waals surface area contributed by atoms with Gasteiger partial charge in [0.15, 0.2) is 0 Å². The largest absolute Gasteiger partial charge is 0.348 e. The van der Waals surface area contributed by atoms with Gasteiger partial charge < -0.3 is 11.1 Å². The average molecular weight is 321 g/mol. The summed E-state index contributed by atoms with van der Waals surface area (Å²) in [7, 11) is 0.